The number of thioether (sulfide) groups is 1. The molecule has 0 bridgehead atoms. The summed E-state index contributed by atoms with van der Waals surface area (Å²) >= 11 is 1.94. The molecule has 1 aromatic rings. The molecular formula is C15H25N3S. The molecule has 106 valence electrons. The first-order valence-corrected chi connectivity index (χ1v) is 8.12. The molecule has 0 saturated carbocycles. The highest BCUT2D eigenvalue weighted by Gasteiger charge is 2.09. The van der Waals surface area contributed by atoms with Gasteiger partial charge in [0.15, 0.2) is 0 Å². The van der Waals surface area contributed by atoms with Crippen LogP contribution in [0, 0.1) is 0 Å². The van der Waals surface area contributed by atoms with E-state index in [1.807, 2.05) is 11.8 Å². The molecule has 0 radical (unpaired) electrons. The molecule has 1 N–H and O–H groups in total. The van der Waals surface area contributed by atoms with E-state index in [9.17, 15) is 0 Å². The molecule has 0 amide bonds. The van der Waals surface area contributed by atoms with E-state index in [0.717, 1.165) is 19.6 Å². The van der Waals surface area contributed by atoms with Gasteiger partial charge in [-0.25, -0.2) is 0 Å². The van der Waals surface area contributed by atoms with Crippen LogP contribution in [0.2, 0.25) is 0 Å². The molecule has 1 aliphatic heterocycles. The fourth-order valence-electron chi connectivity index (χ4n) is 2.19. The third-order valence-electron chi connectivity index (χ3n) is 3.49. The van der Waals surface area contributed by atoms with Gasteiger partial charge in [-0.1, -0.05) is 18.2 Å². The van der Waals surface area contributed by atoms with Crippen molar-refractivity contribution in [1.82, 2.24) is 15.1 Å². The standard InChI is InChI=1S/C15H25N3S/c1-17(11-12-18-9-7-16-8-10-18)13-14-19-15-5-3-2-4-6-15/h2-6,16H,7-14H2,1H3. The van der Waals surface area contributed by atoms with Crippen LogP contribution >= 0.6 is 11.8 Å². The topological polar surface area (TPSA) is 18.5 Å². The number of rotatable bonds is 7. The highest BCUT2D eigenvalue weighted by Crippen LogP contribution is 2.16. The summed E-state index contributed by atoms with van der Waals surface area (Å²) in [5.74, 6) is 1.17. The lowest BCUT2D eigenvalue weighted by atomic mass is 10.3. The van der Waals surface area contributed by atoms with Crippen molar-refractivity contribution < 1.29 is 0 Å². The smallest absolute Gasteiger partial charge is 0.0110 e. The summed E-state index contributed by atoms with van der Waals surface area (Å²) in [6, 6.07) is 10.7. The Morgan fingerprint density at radius 1 is 1.16 bits per heavy atom. The van der Waals surface area contributed by atoms with Crippen LogP contribution in [0.5, 0.6) is 0 Å². The maximum absolute atomic E-state index is 3.40. The number of hydrogen-bond donors (Lipinski definition) is 1. The molecule has 0 atom stereocenters. The summed E-state index contributed by atoms with van der Waals surface area (Å²) in [6.45, 7) is 8.23. The average molecular weight is 279 g/mol. The molecule has 1 fully saturated rings. The van der Waals surface area contributed by atoms with Crippen molar-refractivity contribution in [3.63, 3.8) is 0 Å². The summed E-state index contributed by atoms with van der Waals surface area (Å²) in [4.78, 5) is 6.37. The quantitative estimate of drug-likeness (QED) is 0.764. The molecule has 0 aliphatic carbocycles. The predicted molar refractivity (Wildman–Crippen MR) is 84.0 cm³/mol. The molecule has 3 nitrogen and oxygen atoms in total. The van der Waals surface area contributed by atoms with Crippen LogP contribution in [0.1, 0.15) is 0 Å². The second-order valence-corrected chi connectivity index (χ2v) is 6.22. The van der Waals surface area contributed by atoms with Gasteiger partial charge in [-0.2, -0.15) is 0 Å². The molecule has 0 spiro atoms. The Hall–Kier alpha value is -0.550. The van der Waals surface area contributed by atoms with Crippen LogP contribution in [-0.4, -0.2) is 68.4 Å². The lowest BCUT2D eigenvalue weighted by molar-refractivity contribution is 0.209. The molecule has 19 heavy (non-hydrogen) atoms. The van der Waals surface area contributed by atoms with Crippen molar-refractivity contribution in [2.24, 2.45) is 0 Å². The van der Waals surface area contributed by atoms with Crippen molar-refractivity contribution in [2.75, 3.05) is 58.6 Å². The molecular weight excluding hydrogens is 254 g/mol. The van der Waals surface area contributed by atoms with Crippen molar-refractivity contribution in [3.05, 3.63) is 30.3 Å². The zero-order valence-electron chi connectivity index (χ0n) is 11.8. The Kier molecular flexibility index (Phi) is 6.71. The third kappa shape index (κ3) is 5.95. The first kappa shape index (κ1) is 14.9. The van der Waals surface area contributed by atoms with Gasteiger partial charge < -0.3 is 10.2 Å². The van der Waals surface area contributed by atoms with E-state index in [2.05, 4.69) is 52.5 Å². The van der Waals surface area contributed by atoms with Crippen LogP contribution in [0.4, 0.5) is 0 Å². The van der Waals surface area contributed by atoms with Gasteiger partial charge in [-0.05, 0) is 19.2 Å². The molecule has 1 aromatic carbocycles. The van der Waals surface area contributed by atoms with E-state index in [1.165, 1.54) is 36.8 Å². The SMILES string of the molecule is CN(CCSc1ccccc1)CCN1CCNCC1. The summed E-state index contributed by atoms with van der Waals surface area (Å²) in [5.41, 5.74) is 0. The predicted octanol–water partition coefficient (Wildman–Crippen LogP) is 1.62. The van der Waals surface area contributed by atoms with Gasteiger partial charge in [0.05, 0.1) is 0 Å². The Balaban J connectivity index is 1.55. The van der Waals surface area contributed by atoms with Crippen LogP contribution in [0.25, 0.3) is 0 Å². The fraction of sp³-hybridized carbons (Fsp3) is 0.600. The lowest BCUT2D eigenvalue weighted by Crippen LogP contribution is -2.46. The van der Waals surface area contributed by atoms with Crippen LogP contribution < -0.4 is 5.32 Å². The number of benzene rings is 1. The Bertz CT molecular complexity index is 339. The minimum atomic E-state index is 1.15. The maximum Gasteiger partial charge on any atom is 0.0110 e. The van der Waals surface area contributed by atoms with E-state index < -0.39 is 0 Å². The zero-order chi connectivity index (χ0) is 13.3. The molecule has 1 heterocycles. The third-order valence-corrected chi connectivity index (χ3v) is 4.48. The van der Waals surface area contributed by atoms with Crippen molar-refractivity contribution >= 4 is 11.8 Å². The van der Waals surface area contributed by atoms with Crippen LogP contribution in [0.3, 0.4) is 0 Å². The van der Waals surface area contributed by atoms with Gasteiger partial charge in [0.1, 0.15) is 0 Å². The fourth-order valence-corrected chi connectivity index (χ4v) is 3.18. The number of nitrogens with zero attached hydrogens (tertiary/aromatic N) is 2. The largest absolute Gasteiger partial charge is 0.314 e. The molecule has 4 heteroatoms. The summed E-state index contributed by atoms with van der Waals surface area (Å²) in [6.07, 6.45) is 0. The van der Waals surface area contributed by atoms with Gasteiger partial charge in [0, 0.05) is 56.5 Å². The normalized spacial score (nSPS) is 16.9. The second kappa shape index (κ2) is 8.59. The molecule has 0 aromatic heterocycles. The first-order valence-electron chi connectivity index (χ1n) is 7.14. The maximum atomic E-state index is 3.40. The van der Waals surface area contributed by atoms with Gasteiger partial charge in [-0.3, -0.25) is 4.90 Å². The minimum absolute atomic E-state index is 1.15. The van der Waals surface area contributed by atoms with Crippen molar-refractivity contribution in [2.45, 2.75) is 4.90 Å². The van der Waals surface area contributed by atoms with Crippen LogP contribution in [-0.2, 0) is 0 Å². The van der Waals surface area contributed by atoms with E-state index in [4.69, 9.17) is 0 Å². The van der Waals surface area contributed by atoms with E-state index in [-0.39, 0.29) is 0 Å². The van der Waals surface area contributed by atoms with Crippen LogP contribution in [0.15, 0.2) is 35.2 Å². The molecule has 1 saturated heterocycles. The Labute approximate surface area is 121 Å². The molecule has 2 rings (SSSR count). The Morgan fingerprint density at radius 3 is 2.63 bits per heavy atom. The first-order chi connectivity index (χ1) is 9.34. The number of nitrogens with one attached hydrogen (secondary N) is 1. The van der Waals surface area contributed by atoms with Gasteiger partial charge in [0.25, 0.3) is 0 Å². The number of hydrogen-bond acceptors (Lipinski definition) is 4. The summed E-state index contributed by atoms with van der Waals surface area (Å²) < 4.78 is 0. The number of piperazine rings is 1. The van der Waals surface area contributed by atoms with E-state index >= 15 is 0 Å². The highest BCUT2D eigenvalue weighted by atomic mass is 32.2. The average Bonchev–Trinajstić information content (AvgIpc) is 2.47. The van der Waals surface area contributed by atoms with E-state index in [0.29, 0.717) is 0 Å². The number of likely N-dealkylation sites (N-methyl/N-ethyl adjacent to an activating group) is 1. The van der Waals surface area contributed by atoms with E-state index in [1.54, 1.807) is 0 Å². The van der Waals surface area contributed by atoms with Crippen molar-refractivity contribution in [3.8, 4) is 0 Å². The van der Waals surface area contributed by atoms with Crippen molar-refractivity contribution in [1.29, 1.82) is 0 Å². The minimum Gasteiger partial charge on any atom is -0.314 e. The van der Waals surface area contributed by atoms with Gasteiger partial charge in [0.2, 0.25) is 0 Å². The Morgan fingerprint density at radius 2 is 1.89 bits per heavy atom. The molecule has 0 unspecified atom stereocenters. The molecule has 1 aliphatic rings. The lowest BCUT2D eigenvalue weighted by Gasteiger charge is -2.29. The highest BCUT2D eigenvalue weighted by molar-refractivity contribution is 7.99. The zero-order valence-corrected chi connectivity index (χ0v) is 12.7. The summed E-state index contributed by atoms with van der Waals surface area (Å²) in [5, 5.41) is 3.40. The van der Waals surface area contributed by atoms with Gasteiger partial charge in [-0.15, -0.1) is 11.8 Å². The second-order valence-electron chi connectivity index (χ2n) is 5.06. The monoisotopic (exact) mass is 279 g/mol. The van der Waals surface area contributed by atoms with Gasteiger partial charge >= 0.3 is 0 Å². The summed E-state index contributed by atoms with van der Waals surface area (Å²) in [7, 11) is 2.23.